The maximum atomic E-state index is 12.8. The zero-order valence-corrected chi connectivity index (χ0v) is 17.2. The van der Waals surface area contributed by atoms with E-state index in [0.717, 1.165) is 0 Å². The third kappa shape index (κ3) is 9.05. The molecular weight excluding hydrogens is 366 g/mol. The van der Waals surface area contributed by atoms with Gasteiger partial charge in [-0.1, -0.05) is 0 Å². The molecule has 1 heterocycles. The van der Waals surface area contributed by atoms with Gasteiger partial charge in [0.05, 0.1) is 5.92 Å². The predicted octanol–water partition coefficient (Wildman–Crippen LogP) is 1.51. The Labute approximate surface area is 166 Å². The summed E-state index contributed by atoms with van der Waals surface area (Å²) in [7, 11) is 0. The quantitative estimate of drug-likeness (QED) is 0.531. The molecule has 0 aromatic carbocycles. The van der Waals surface area contributed by atoms with Crippen LogP contribution >= 0.6 is 0 Å². The maximum absolute atomic E-state index is 12.8. The number of nitrogens with one attached hydrogen (secondary N) is 2. The number of likely N-dealkylation sites (tertiary alicyclic amines) is 1. The molecule has 0 saturated carbocycles. The topological polar surface area (TPSA) is 125 Å². The predicted molar refractivity (Wildman–Crippen MR) is 103 cm³/mol. The van der Waals surface area contributed by atoms with Crippen molar-refractivity contribution in [3.8, 4) is 0 Å². The Kier molecular flexibility index (Phi) is 9.21. The van der Waals surface area contributed by atoms with Crippen molar-refractivity contribution in [2.24, 2.45) is 5.92 Å². The molecule has 9 nitrogen and oxygen atoms in total. The van der Waals surface area contributed by atoms with E-state index in [2.05, 4.69) is 10.6 Å². The Balaban J connectivity index is 2.47. The summed E-state index contributed by atoms with van der Waals surface area (Å²) in [5, 5.41) is 14.5. The van der Waals surface area contributed by atoms with Crippen LogP contribution in [-0.2, 0) is 19.1 Å². The summed E-state index contributed by atoms with van der Waals surface area (Å²) in [6, 6.07) is -0.688. The normalized spacial score (nSPS) is 18.1. The van der Waals surface area contributed by atoms with Gasteiger partial charge in [-0.15, -0.1) is 0 Å². The molecule has 0 aliphatic carbocycles. The van der Waals surface area contributed by atoms with Crippen LogP contribution in [0.3, 0.4) is 0 Å². The monoisotopic (exact) mass is 399 g/mol. The van der Waals surface area contributed by atoms with Gasteiger partial charge in [0.25, 0.3) is 0 Å². The van der Waals surface area contributed by atoms with Crippen LogP contribution in [0.25, 0.3) is 0 Å². The highest BCUT2D eigenvalue weighted by molar-refractivity contribution is 5.87. The second kappa shape index (κ2) is 10.9. The van der Waals surface area contributed by atoms with E-state index in [1.54, 1.807) is 20.8 Å². The summed E-state index contributed by atoms with van der Waals surface area (Å²) >= 11 is 0. The molecule has 3 amide bonds. The molecule has 3 N–H and O–H groups in total. The number of ether oxygens (including phenoxy) is 1. The molecule has 1 aliphatic rings. The largest absolute Gasteiger partial charge is 0.481 e. The van der Waals surface area contributed by atoms with Gasteiger partial charge in [0.2, 0.25) is 11.8 Å². The molecule has 1 saturated heterocycles. The number of nitrogens with zero attached hydrogens (tertiary/aromatic N) is 1. The van der Waals surface area contributed by atoms with Crippen LogP contribution in [-0.4, -0.2) is 65.2 Å². The summed E-state index contributed by atoms with van der Waals surface area (Å²) in [6.07, 6.45) is 2.36. The van der Waals surface area contributed by atoms with Gasteiger partial charge in [-0.25, -0.2) is 4.79 Å². The number of carbonyl (C=O) groups excluding carboxylic acids is 3. The fourth-order valence-electron chi connectivity index (χ4n) is 3.08. The van der Waals surface area contributed by atoms with Crippen molar-refractivity contribution in [2.75, 3.05) is 19.6 Å². The van der Waals surface area contributed by atoms with Gasteiger partial charge in [-0.3, -0.25) is 14.4 Å². The summed E-state index contributed by atoms with van der Waals surface area (Å²) in [5.74, 6) is -2.02. The van der Waals surface area contributed by atoms with E-state index >= 15 is 0 Å². The minimum absolute atomic E-state index is 0.171. The van der Waals surface area contributed by atoms with Gasteiger partial charge in [0.15, 0.2) is 0 Å². The number of unbranched alkanes of at least 4 members (excludes halogenated alkanes) is 1. The first-order valence-corrected chi connectivity index (χ1v) is 9.75. The molecule has 160 valence electrons. The van der Waals surface area contributed by atoms with Crippen molar-refractivity contribution in [3.63, 3.8) is 0 Å². The second-order valence-corrected chi connectivity index (χ2v) is 8.14. The summed E-state index contributed by atoms with van der Waals surface area (Å²) in [6.45, 7) is 7.77. The first-order valence-electron chi connectivity index (χ1n) is 9.75. The third-order valence-corrected chi connectivity index (χ3v) is 4.35. The van der Waals surface area contributed by atoms with Crippen molar-refractivity contribution < 1.29 is 29.0 Å². The molecule has 0 bridgehead atoms. The fraction of sp³-hybridized carbons (Fsp3) is 0.789. The lowest BCUT2D eigenvalue weighted by Crippen LogP contribution is -2.51. The number of carboxylic acids is 1. The molecular formula is C19H33N3O6. The molecule has 0 spiro atoms. The smallest absolute Gasteiger partial charge is 0.407 e. The standard InChI is InChI=1S/C19H33N3O6/c1-13(23)21-15(9-5-6-10-20-18(27)28-19(2,3)4)16(24)22-11-7-8-14(12-22)17(25)26/h14-15H,5-12H2,1-4H3,(H,20,27)(H,21,23)(H,25,26)/t14?,15-/m0/s1. The van der Waals surface area contributed by atoms with E-state index in [4.69, 9.17) is 4.74 Å². The van der Waals surface area contributed by atoms with E-state index in [1.807, 2.05) is 0 Å². The number of hydrogen-bond donors (Lipinski definition) is 3. The number of aliphatic carboxylic acids is 1. The van der Waals surface area contributed by atoms with E-state index in [1.165, 1.54) is 11.8 Å². The number of amides is 3. The van der Waals surface area contributed by atoms with Gasteiger partial charge in [0.1, 0.15) is 11.6 Å². The third-order valence-electron chi connectivity index (χ3n) is 4.35. The molecule has 9 heteroatoms. The Morgan fingerprint density at radius 3 is 2.46 bits per heavy atom. The first-order chi connectivity index (χ1) is 13.0. The molecule has 28 heavy (non-hydrogen) atoms. The summed E-state index contributed by atoms with van der Waals surface area (Å²) in [4.78, 5) is 48.6. The average molecular weight is 399 g/mol. The lowest BCUT2D eigenvalue weighted by atomic mass is 9.97. The second-order valence-electron chi connectivity index (χ2n) is 8.14. The number of carbonyl (C=O) groups is 4. The van der Waals surface area contributed by atoms with Crippen LogP contribution in [0.4, 0.5) is 4.79 Å². The first kappa shape index (κ1) is 23.7. The number of rotatable bonds is 8. The maximum Gasteiger partial charge on any atom is 0.407 e. The zero-order chi connectivity index (χ0) is 21.3. The van der Waals surface area contributed by atoms with E-state index in [9.17, 15) is 24.3 Å². The van der Waals surface area contributed by atoms with Crippen LogP contribution in [0.1, 0.15) is 59.8 Å². The molecule has 0 aromatic heterocycles. The van der Waals surface area contributed by atoms with Crippen molar-refractivity contribution in [2.45, 2.75) is 71.4 Å². The minimum atomic E-state index is -0.901. The van der Waals surface area contributed by atoms with E-state index in [-0.39, 0.29) is 18.4 Å². The average Bonchev–Trinajstić information content (AvgIpc) is 2.58. The molecule has 0 radical (unpaired) electrons. The van der Waals surface area contributed by atoms with Gasteiger partial charge in [-0.2, -0.15) is 0 Å². The van der Waals surface area contributed by atoms with Gasteiger partial charge in [0, 0.05) is 26.6 Å². The lowest BCUT2D eigenvalue weighted by molar-refractivity contribution is -0.147. The summed E-state index contributed by atoms with van der Waals surface area (Å²) in [5.41, 5.74) is -0.560. The van der Waals surface area contributed by atoms with Crippen LogP contribution in [0.2, 0.25) is 0 Å². The highest BCUT2D eigenvalue weighted by atomic mass is 16.6. The SMILES string of the molecule is CC(=O)N[C@@H](CCCCNC(=O)OC(C)(C)C)C(=O)N1CCCC(C(=O)O)C1. The van der Waals surface area contributed by atoms with Gasteiger partial charge < -0.3 is 25.4 Å². The Morgan fingerprint density at radius 2 is 1.89 bits per heavy atom. The highest BCUT2D eigenvalue weighted by Gasteiger charge is 2.31. The van der Waals surface area contributed by atoms with Crippen molar-refractivity contribution in [1.29, 1.82) is 0 Å². The molecule has 1 unspecified atom stereocenters. The van der Waals surface area contributed by atoms with Gasteiger partial charge in [-0.05, 0) is 52.9 Å². The molecule has 1 rings (SSSR count). The van der Waals surface area contributed by atoms with E-state index < -0.39 is 29.6 Å². The lowest BCUT2D eigenvalue weighted by Gasteiger charge is -2.33. The fourth-order valence-corrected chi connectivity index (χ4v) is 3.08. The number of carboxylic acid groups (broad SMARTS) is 1. The Morgan fingerprint density at radius 1 is 1.21 bits per heavy atom. The van der Waals surface area contributed by atoms with Gasteiger partial charge >= 0.3 is 12.1 Å². The Hall–Kier alpha value is -2.32. The van der Waals surface area contributed by atoms with Crippen LogP contribution in [0.5, 0.6) is 0 Å². The van der Waals surface area contributed by atoms with Crippen molar-refractivity contribution >= 4 is 23.9 Å². The van der Waals surface area contributed by atoms with E-state index in [0.29, 0.717) is 45.2 Å². The van der Waals surface area contributed by atoms with Crippen LogP contribution in [0.15, 0.2) is 0 Å². The molecule has 1 fully saturated rings. The number of alkyl carbamates (subject to hydrolysis) is 1. The highest BCUT2D eigenvalue weighted by Crippen LogP contribution is 2.18. The summed E-state index contributed by atoms with van der Waals surface area (Å²) < 4.78 is 5.15. The Bertz CT molecular complexity index is 573. The number of piperidine rings is 1. The minimum Gasteiger partial charge on any atom is -0.481 e. The van der Waals surface area contributed by atoms with Crippen LogP contribution < -0.4 is 10.6 Å². The molecule has 0 aromatic rings. The molecule has 2 atom stereocenters. The van der Waals surface area contributed by atoms with Crippen LogP contribution in [0, 0.1) is 5.92 Å². The zero-order valence-electron chi connectivity index (χ0n) is 17.2. The number of hydrogen-bond acceptors (Lipinski definition) is 5. The van der Waals surface area contributed by atoms with Crippen molar-refractivity contribution in [3.05, 3.63) is 0 Å². The molecule has 1 aliphatic heterocycles. The van der Waals surface area contributed by atoms with Crippen molar-refractivity contribution in [1.82, 2.24) is 15.5 Å².